The first-order valence-electron chi connectivity index (χ1n) is 4.59. The normalized spacial score (nSPS) is 15.3. The SMILES string of the molecule is NC1=C(C(F)(F)F)C(=O)c2ccccc2C1=O.[C]. The van der Waals surface area contributed by atoms with E-state index in [2.05, 4.69) is 0 Å². The largest absolute Gasteiger partial charge is 0.422 e. The number of rotatable bonds is 0. The molecule has 0 saturated heterocycles. The summed E-state index contributed by atoms with van der Waals surface area (Å²) in [6, 6.07) is 5.29. The van der Waals surface area contributed by atoms with Crippen molar-refractivity contribution >= 4 is 11.6 Å². The highest BCUT2D eigenvalue weighted by Crippen LogP contribution is 2.34. The Morgan fingerprint density at radius 2 is 1.39 bits per heavy atom. The first-order valence-corrected chi connectivity index (χ1v) is 4.59. The van der Waals surface area contributed by atoms with Gasteiger partial charge in [0.25, 0.3) is 0 Å². The summed E-state index contributed by atoms with van der Waals surface area (Å²) in [5, 5.41) is 0. The van der Waals surface area contributed by atoms with Gasteiger partial charge >= 0.3 is 6.18 Å². The second-order valence-corrected chi connectivity index (χ2v) is 3.49. The predicted molar refractivity (Wildman–Crippen MR) is 55.6 cm³/mol. The van der Waals surface area contributed by atoms with Gasteiger partial charge in [-0.2, -0.15) is 13.2 Å². The van der Waals surface area contributed by atoms with Crippen LogP contribution in [-0.4, -0.2) is 17.7 Å². The van der Waals surface area contributed by atoms with E-state index in [1.165, 1.54) is 24.3 Å². The minimum atomic E-state index is -4.93. The predicted octanol–water partition coefficient (Wildman–Crippen LogP) is 1.92. The molecule has 4 radical (unpaired) electrons. The van der Waals surface area contributed by atoms with Crippen molar-refractivity contribution in [2.75, 3.05) is 0 Å². The van der Waals surface area contributed by atoms with Gasteiger partial charge in [0.05, 0.1) is 5.70 Å². The van der Waals surface area contributed by atoms with Crippen molar-refractivity contribution in [1.29, 1.82) is 0 Å². The second-order valence-electron chi connectivity index (χ2n) is 3.49. The van der Waals surface area contributed by atoms with Crippen LogP contribution in [0.5, 0.6) is 0 Å². The van der Waals surface area contributed by atoms with Crippen LogP contribution in [-0.2, 0) is 0 Å². The topological polar surface area (TPSA) is 60.2 Å². The lowest BCUT2D eigenvalue weighted by Crippen LogP contribution is -2.33. The fourth-order valence-electron chi connectivity index (χ4n) is 1.68. The van der Waals surface area contributed by atoms with Crippen molar-refractivity contribution in [2.24, 2.45) is 5.73 Å². The van der Waals surface area contributed by atoms with E-state index in [1.54, 1.807) is 0 Å². The Hall–Kier alpha value is -2.11. The quantitative estimate of drug-likeness (QED) is 0.768. The van der Waals surface area contributed by atoms with Crippen molar-refractivity contribution in [3.05, 3.63) is 54.1 Å². The number of alkyl halides is 3. The molecule has 6 heteroatoms. The average molecular weight is 253 g/mol. The molecule has 0 aromatic heterocycles. The molecule has 0 spiro atoms. The van der Waals surface area contributed by atoms with Gasteiger partial charge in [-0.25, -0.2) is 0 Å². The summed E-state index contributed by atoms with van der Waals surface area (Å²) in [4.78, 5) is 23.2. The Kier molecular flexibility index (Phi) is 3.32. The van der Waals surface area contributed by atoms with Crippen LogP contribution < -0.4 is 5.73 Å². The highest BCUT2D eigenvalue weighted by atomic mass is 19.4. The first-order chi connectivity index (χ1) is 7.84. The lowest BCUT2D eigenvalue weighted by atomic mass is 9.87. The fraction of sp³-hybridized carbons (Fsp3) is 0.0833. The van der Waals surface area contributed by atoms with Crippen molar-refractivity contribution in [3.63, 3.8) is 0 Å². The molecule has 18 heavy (non-hydrogen) atoms. The summed E-state index contributed by atoms with van der Waals surface area (Å²) < 4.78 is 37.8. The van der Waals surface area contributed by atoms with E-state index < -0.39 is 29.0 Å². The molecule has 1 aliphatic carbocycles. The van der Waals surface area contributed by atoms with Crippen molar-refractivity contribution in [2.45, 2.75) is 6.18 Å². The smallest absolute Gasteiger partial charge is 0.395 e. The molecule has 0 heterocycles. The van der Waals surface area contributed by atoms with Crippen molar-refractivity contribution in [3.8, 4) is 0 Å². The molecule has 92 valence electrons. The van der Waals surface area contributed by atoms with Gasteiger partial charge in [-0.3, -0.25) is 9.59 Å². The van der Waals surface area contributed by atoms with Crippen molar-refractivity contribution in [1.82, 2.24) is 0 Å². The Morgan fingerprint density at radius 3 is 1.83 bits per heavy atom. The summed E-state index contributed by atoms with van der Waals surface area (Å²) >= 11 is 0. The number of benzene rings is 1. The number of nitrogens with two attached hydrogens (primary N) is 1. The zero-order valence-electron chi connectivity index (χ0n) is 8.84. The number of carbonyl (C=O) groups is 2. The lowest BCUT2D eigenvalue weighted by molar-refractivity contribution is -0.0896. The Morgan fingerprint density at radius 1 is 0.944 bits per heavy atom. The molecule has 1 aliphatic rings. The van der Waals surface area contributed by atoms with E-state index in [4.69, 9.17) is 5.73 Å². The van der Waals surface area contributed by atoms with Gasteiger partial charge in [-0.1, -0.05) is 24.3 Å². The molecule has 0 aliphatic heterocycles. The Labute approximate surface area is 101 Å². The Balaban J connectivity index is 0.00000162. The number of Topliss-reactive ketones (excluding diaryl/α,β-unsaturated/α-hetero) is 2. The van der Waals surface area contributed by atoms with Gasteiger partial charge in [0.15, 0.2) is 0 Å². The third-order valence-electron chi connectivity index (χ3n) is 2.44. The van der Waals surface area contributed by atoms with Crippen LogP contribution in [0.2, 0.25) is 0 Å². The van der Waals surface area contributed by atoms with Crippen LogP contribution in [0.15, 0.2) is 35.5 Å². The summed E-state index contributed by atoms with van der Waals surface area (Å²) in [5.41, 5.74) is 2.12. The second kappa shape index (κ2) is 4.29. The van der Waals surface area contributed by atoms with Crippen molar-refractivity contribution < 1.29 is 22.8 Å². The van der Waals surface area contributed by atoms with E-state index in [1.807, 2.05) is 0 Å². The summed E-state index contributed by atoms with van der Waals surface area (Å²) in [6.45, 7) is 0. The number of fused-ring (bicyclic) bond motifs is 1. The third kappa shape index (κ3) is 1.90. The number of halogens is 3. The van der Waals surface area contributed by atoms with Gasteiger partial charge in [0.1, 0.15) is 5.57 Å². The summed E-state index contributed by atoms with van der Waals surface area (Å²) in [7, 11) is 0. The standard InChI is InChI=1S/C11H6F3NO2.C/c12-11(13,14)7-8(15)10(17)6-4-2-1-3-5(6)9(7)16;/h1-4H,15H2;. The van der Waals surface area contributed by atoms with Gasteiger partial charge in [-0.15, -0.1) is 0 Å². The number of hydrogen-bond donors (Lipinski definition) is 1. The molecule has 1 aromatic carbocycles. The van der Waals surface area contributed by atoms with E-state index >= 15 is 0 Å². The fourth-order valence-corrected chi connectivity index (χ4v) is 1.68. The van der Waals surface area contributed by atoms with E-state index in [-0.39, 0.29) is 18.6 Å². The van der Waals surface area contributed by atoms with E-state index in [0.29, 0.717) is 0 Å². The van der Waals surface area contributed by atoms with Crippen LogP contribution in [0.25, 0.3) is 0 Å². The van der Waals surface area contributed by atoms with Crippen LogP contribution in [0, 0.1) is 7.43 Å². The zero-order valence-corrected chi connectivity index (χ0v) is 8.84. The molecule has 1 aromatic rings. The maximum absolute atomic E-state index is 12.6. The van der Waals surface area contributed by atoms with E-state index in [0.717, 1.165) is 0 Å². The molecule has 0 saturated carbocycles. The maximum Gasteiger partial charge on any atom is 0.422 e. The molecular formula is C12H6F3NO2. The van der Waals surface area contributed by atoms with Gasteiger partial charge < -0.3 is 5.73 Å². The third-order valence-corrected chi connectivity index (χ3v) is 2.44. The number of allylic oxidation sites excluding steroid dienone is 2. The minimum absolute atomic E-state index is 0. The Bertz CT molecular complexity index is 559. The number of hydrogen-bond acceptors (Lipinski definition) is 3. The molecule has 0 fully saturated rings. The highest BCUT2D eigenvalue weighted by molar-refractivity contribution is 6.27. The molecule has 0 atom stereocenters. The van der Waals surface area contributed by atoms with Crippen LogP contribution in [0.1, 0.15) is 20.7 Å². The molecule has 0 unspecified atom stereocenters. The molecule has 2 rings (SSSR count). The maximum atomic E-state index is 12.6. The first kappa shape index (κ1) is 14.0. The van der Waals surface area contributed by atoms with Crippen LogP contribution >= 0.6 is 0 Å². The summed E-state index contributed by atoms with van der Waals surface area (Å²) in [5.74, 6) is -2.22. The highest BCUT2D eigenvalue weighted by Gasteiger charge is 2.46. The number of ketones is 2. The molecular weight excluding hydrogens is 247 g/mol. The van der Waals surface area contributed by atoms with Crippen LogP contribution in [0.4, 0.5) is 13.2 Å². The van der Waals surface area contributed by atoms with E-state index in [9.17, 15) is 22.8 Å². The monoisotopic (exact) mass is 253 g/mol. The molecule has 0 amide bonds. The minimum Gasteiger partial charge on any atom is -0.395 e. The molecule has 3 nitrogen and oxygen atoms in total. The summed E-state index contributed by atoms with van der Waals surface area (Å²) in [6.07, 6.45) is -4.93. The van der Waals surface area contributed by atoms with Crippen LogP contribution in [0.3, 0.4) is 0 Å². The van der Waals surface area contributed by atoms with Gasteiger partial charge in [0.2, 0.25) is 11.6 Å². The van der Waals surface area contributed by atoms with Gasteiger partial charge in [0, 0.05) is 18.6 Å². The number of carbonyl (C=O) groups excluding carboxylic acids is 2. The zero-order chi connectivity index (χ0) is 12.8. The molecule has 2 N–H and O–H groups in total. The lowest BCUT2D eigenvalue weighted by Gasteiger charge is -2.19. The molecule has 0 bridgehead atoms. The van der Waals surface area contributed by atoms with Gasteiger partial charge in [-0.05, 0) is 0 Å². The average Bonchev–Trinajstić information content (AvgIpc) is 2.24.